The van der Waals surface area contributed by atoms with Gasteiger partial charge in [-0.2, -0.15) is 0 Å². The summed E-state index contributed by atoms with van der Waals surface area (Å²) < 4.78 is 5.19. The lowest BCUT2D eigenvalue weighted by Gasteiger charge is -2.27. The van der Waals surface area contributed by atoms with Crippen molar-refractivity contribution in [1.82, 2.24) is 5.32 Å². The standard InChI is InChI=1S/C13H21NO5/c15-8-13(5-1-2-6-13)7-14-11(16)9-3-4-10(19-9)12(17)18/h9-10,15H,1-8H2,(H,14,16)(H,17,18)/t9-,10+/m0/s1. The highest BCUT2D eigenvalue weighted by molar-refractivity contribution is 5.82. The fraction of sp³-hybridized carbons (Fsp3) is 0.846. The summed E-state index contributed by atoms with van der Waals surface area (Å²) >= 11 is 0. The zero-order chi connectivity index (χ0) is 13.9. The molecule has 2 fully saturated rings. The molecule has 0 spiro atoms. The Morgan fingerprint density at radius 1 is 1.21 bits per heavy atom. The molecule has 0 aromatic carbocycles. The number of carbonyl (C=O) groups excluding carboxylic acids is 1. The van der Waals surface area contributed by atoms with Gasteiger partial charge in [0.2, 0.25) is 5.91 Å². The molecule has 1 saturated carbocycles. The number of carboxylic acids is 1. The highest BCUT2D eigenvalue weighted by Crippen LogP contribution is 2.37. The summed E-state index contributed by atoms with van der Waals surface area (Å²) in [4.78, 5) is 22.7. The third-order valence-electron chi connectivity index (χ3n) is 4.22. The van der Waals surface area contributed by atoms with E-state index in [1.54, 1.807) is 0 Å². The molecule has 0 aromatic rings. The SMILES string of the molecule is O=C(NCC1(CO)CCCC1)[C@@H]1CC[C@H](C(=O)O)O1. The molecule has 1 heterocycles. The van der Waals surface area contributed by atoms with E-state index in [4.69, 9.17) is 9.84 Å². The first-order valence-corrected chi connectivity index (χ1v) is 6.83. The minimum atomic E-state index is -1.02. The summed E-state index contributed by atoms with van der Waals surface area (Å²) in [6.45, 7) is 0.524. The molecule has 1 saturated heterocycles. The average Bonchev–Trinajstić information content (AvgIpc) is 3.06. The third kappa shape index (κ3) is 3.25. The predicted molar refractivity (Wildman–Crippen MR) is 66.5 cm³/mol. The van der Waals surface area contributed by atoms with Crippen molar-refractivity contribution in [3.05, 3.63) is 0 Å². The molecule has 0 bridgehead atoms. The van der Waals surface area contributed by atoms with Gasteiger partial charge in [-0.3, -0.25) is 4.79 Å². The fourth-order valence-corrected chi connectivity index (χ4v) is 2.92. The van der Waals surface area contributed by atoms with Gasteiger partial charge in [0.1, 0.15) is 6.10 Å². The maximum Gasteiger partial charge on any atom is 0.332 e. The van der Waals surface area contributed by atoms with E-state index in [1.165, 1.54) is 0 Å². The van der Waals surface area contributed by atoms with E-state index in [-0.39, 0.29) is 17.9 Å². The molecule has 6 heteroatoms. The van der Waals surface area contributed by atoms with Crippen LogP contribution in [-0.2, 0) is 14.3 Å². The van der Waals surface area contributed by atoms with Crippen LogP contribution in [0.15, 0.2) is 0 Å². The Bertz CT molecular complexity index is 351. The van der Waals surface area contributed by atoms with E-state index in [0.717, 1.165) is 25.7 Å². The largest absolute Gasteiger partial charge is 0.479 e. The van der Waals surface area contributed by atoms with Gasteiger partial charge >= 0.3 is 5.97 Å². The Morgan fingerprint density at radius 2 is 1.84 bits per heavy atom. The second-order valence-electron chi connectivity index (χ2n) is 5.61. The highest BCUT2D eigenvalue weighted by atomic mass is 16.5. The fourth-order valence-electron chi connectivity index (χ4n) is 2.92. The van der Waals surface area contributed by atoms with Gasteiger partial charge in [-0.25, -0.2) is 4.79 Å². The van der Waals surface area contributed by atoms with Crippen molar-refractivity contribution < 1.29 is 24.5 Å². The van der Waals surface area contributed by atoms with Crippen LogP contribution in [0.5, 0.6) is 0 Å². The minimum Gasteiger partial charge on any atom is -0.479 e. The number of hydrogen-bond acceptors (Lipinski definition) is 4. The number of carbonyl (C=O) groups is 2. The highest BCUT2D eigenvalue weighted by Gasteiger charge is 2.37. The smallest absolute Gasteiger partial charge is 0.332 e. The van der Waals surface area contributed by atoms with Crippen molar-refractivity contribution in [2.24, 2.45) is 5.41 Å². The summed E-state index contributed by atoms with van der Waals surface area (Å²) in [6, 6.07) is 0. The van der Waals surface area contributed by atoms with Crippen LogP contribution < -0.4 is 5.32 Å². The number of aliphatic hydroxyl groups is 1. The monoisotopic (exact) mass is 271 g/mol. The molecular weight excluding hydrogens is 250 g/mol. The number of aliphatic carboxylic acids is 1. The Morgan fingerprint density at radius 3 is 2.37 bits per heavy atom. The summed E-state index contributed by atoms with van der Waals surface area (Å²) in [5.41, 5.74) is -0.194. The second-order valence-corrected chi connectivity index (χ2v) is 5.61. The van der Waals surface area contributed by atoms with Crippen LogP contribution in [-0.4, -0.2) is 47.4 Å². The first kappa shape index (κ1) is 14.3. The van der Waals surface area contributed by atoms with Gasteiger partial charge < -0.3 is 20.3 Å². The summed E-state index contributed by atoms with van der Waals surface area (Å²) in [5.74, 6) is -1.28. The van der Waals surface area contributed by atoms with E-state index in [9.17, 15) is 14.7 Å². The third-order valence-corrected chi connectivity index (χ3v) is 4.22. The molecule has 1 aliphatic heterocycles. The van der Waals surface area contributed by atoms with Gasteiger partial charge in [-0.05, 0) is 25.7 Å². The molecule has 0 unspecified atom stereocenters. The summed E-state index contributed by atoms with van der Waals surface area (Å²) in [5, 5.41) is 21.1. The Kier molecular flexibility index (Phi) is 4.42. The van der Waals surface area contributed by atoms with E-state index < -0.39 is 18.2 Å². The van der Waals surface area contributed by atoms with Gasteiger partial charge in [0.15, 0.2) is 6.10 Å². The van der Waals surface area contributed by atoms with Crippen molar-refractivity contribution in [1.29, 1.82) is 0 Å². The number of nitrogens with one attached hydrogen (secondary N) is 1. The molecular formula is C13H21NO5. The van der Waals surface area contributed by atoms with Gasteiger partial charge in [-0.15, -0.1) is 0 Å². The van der Waals surface area contributed by atoms with Crippen LogP contribution in [0.2, 0.25) is 0 Å². The molecule has 1 aliphatic carbocycles. The van der Waals surface area contributed by atoms with E-state index in [1.807, 2.05) is 0 Å². The zero-order valence-electron chi connectivity index (χ0n) is 10.9. The van der Waals surface area contributed by atoms with Crippen LogP contribution in [0.1, 0.15) is 38.5 Å². The van der Waals surface area contributed by atoms with Crippen molar-refractivity contribution in [3.8, 4) is 0 Å². The molecule has 19 heavy (non-hydrogen) atoms. The Labute approximate surface area is 112 Å². The van der Waals surface area contributed by atoms with Crippen LogP contribution in [0.25, 0.3) is 0 Å². The molecule has 2 aliphatic rings. The van der Waals surface area contributed by atoms with Crippen molar-refractivity contribution >= 4 is 11.9 Å². The zero-order valence-corrected chi connectivity index (χ0v) is 10.9. The quantitative estimate of drug-likeness (QED) is 0.668. The van der Waals surface area contributed by atoms with Crippen LogP contribution in [0, 0.1) is 5.41 Å². The molecule has 108 valence electrons. The number of ether oxygens (including phenoxy) is 1. The number of amides is 1. The average molecular weight is 271 g/mol. The topological polar surface area (TPSA) is 95.9 Å². The van der Waals surface area contributed by atoms with Crippen LogP contribution in [0.4, 0.5) is 0 Å². The Balaban J connectivity index is 1.80. The molecule has 0 aromatic heterocycles. The summed E-state index contributed by atoms with van der Waals surface area (Å²) in [6.07, 6.45) is 3.29. The number of carboxylic acid groups (broad SMARTS) is 1. The number of aliphatic hydroxyl groups excluding tert-OH is 1. The molecule has 3 N–H and O–H groups in total. The maximum absolute atomic E-state index is 11.9. The van der Waals surface area contributed by atoms with Gasteiger partial charge in [0.05, 0.1) is 6.61 Å². The minimum absolute atomic E-state index is 0.0799. The van der Waals surface area contributed by atoms with E-state index in [2.05, 4.69) is 5.32 Å². The molecule has 2 atom stereocenters. The van der Waals surface area contributed by atoms with Crippen LogP contribution in [0.3, 0.4) is 0 Å². The van der Waals surface area contributed by atoms with E-state index in [0.29, 0.717) is 19.4 Å². The first-order valence-electron chi connectivity index (χ1n) is 6.83. The van der Waals surface area contributed by atoms with Gasteiger partial charge in [0, 0.05) is 12.0 Å². The molecule has 0 radical (unpaired) electrons. The van der Waals surface area contributed by atoms with Crippen LogP contribution >= 0.6 is 0 Å². The lowest BCUT2D eigenvalue weighted by Crippen LogP contribution is -2.43. The Hall–Kier alpha value is -1.14. The van der Waals surface area contributed by atoms with Crippen molar-refractivity contribution in [2.75, 3.05) is 13.2 Å². The molecule has 6 nitrogen and oxygen atoms in total. The number of rotatable bonds is 5. The molecule has 2 rings (SSSR count). The van der Waals surface area contributed by atoms with E-state index >= 15 is 0 Å². The van der Waals surface area contributed by atoms with Crippen molar-refractivity contribution in [2.45, 2.75) is 50.7 Å². The predicted octanol–water partition coefficient (Wildman–Crippen LogP) is 0.287. The first-order chi connectivity index (χ1) is 9.06. The maximum atomic E-state index is 11.9. The lowest BCUT2D eigenvalue weighted by atomic mass is 9.87. The summed E-state index contributed by atoms with van der Waals surface area (Å²) in [7, 11) is 0. The lowest BCUT2D eigenvalue weighted by molar-refractivity contribution is -0.151. The van der Waals surface area contributed by atoms with Gasteiger partial charge in [-0.1, -0.05) is 12.8 Å². The number of hydrogen-bond donors (Lipinski definition) is 3. The normalized spacial score (nSPS) is 29.3. The van der Waals surface area contributed by atoms with Gasteiger partial charge in [0.25, 0.3) is 0 Å². The van der Waals surface area contributed by atoms with Crippen molar-refractivity contribution in [3.63, 3.8) is 0 Å². The molecule has 1 amide bonds. The second kappa shape index (κ2) is 5.88.